The molecule has 0 bridgehead atoms. The summed E-state index contributed by atoms with van der Waals surface area (Å²) in [4.78, 5) is 50.5. The molecule has 1 saturated heterocycles. The van der Waals surface area contributed by atoms with Crippen LogP contribution in [0, 0.1) is 5.92 Å². The van der Waals surface area contributed by atoms with Crippen LogP contribution in [0.3, 0.4) is 0 Å². The minimum atomic E-state index is -0.778. The van der Waals surface area contributed by atoms with Crippen molar-refractivity contribution < 1.29 is 14.4 Å². The molecule has 10 heteroatoms. The lowest BCUT2D eigenvalue weighted by molar-refractivity contribution is -0.150. The van der Waals surface area contributed by atoms with Gasteiger partial charge < -0.3 is 20.9 Å². The summed E-state index contributed by atoms with van der Waals surface area (Å²) < 4.78 is 1.11. The van der Waals surface area contributed by atoms with Crippen molar-refractivity contribution in [1.29, 1.82) is 0 Å². The summed E-state index contributed by atoms with van der Waals surface area (Å²) in [6, 6.07) is 7.57. The number of likely N-dealkylation sites (N-methyl/N-ethyl adjacent to an activating group) is 1. The Labute approximate surface area is 214 Å². The molecule has 190 valence electrons. The van der Waals surface area contributed by atoms with Gasteiger partial charge >= 0.3 is 11.8 Å². The number of carbonyl (C=O) groups excluding carboxylic acids is 3. The van der Waals surface area contributed by atoms with E-state index in [1.54, 1.807) is 16.2 Å². The molecule has 3 heterocycles. The van der Waals surface area contributed by atoms with Crippen LogP contribution < -0.4 is 11.1 Å². The molecule has 4 rings (SSSR count). The molecule has 0 spiro atoms. The average Bonchev–Trinajstić information content (AvgIpc) is 3.26. The molecule has 1 aromatic carbocycles. The standard InChI is InChI=1S/C26H32N6O3S/c1-16-7-9-26(2,18-5-6-21-20(12-18)30-22(36-21)8-10-31(3)4)32(15-16)25(35)24(34)29-19-11-17(23(27)33)13-28-14-19/h5-6,11-14,16H,7-10,15H2,1-4H3,(H2,27,33)(H,29,34)/t16-,26-/m0/s1. The second-order valence-corrected chi connectivity index (χ2v) is 11.1. The SMILES string of the molecule is C[C@H]1CC[C@@](C)(c2ccc3sc(CCN(C)C)nc3c2)N(C(=O)C(=O)Nc2cncc(C(N)=O)c2)C1. The number of nitrogens with one attached hydrogen (secondary N) is 1. The summed E-state index contributed by atoms with van der Waals surface area (Å²) in [6.07, 6.45) is 5.24. The van der Waals surface area contributed by atoms with Crippen LogP contribution in [0.5, 0.6) is 0 Å². The molecule has 3 amide bonds. The maximum Gasteiger partial charge on any atom is 0.313 e. The predicted octanol–water partition coefficient (Wildman–Crippen LogP) is 3.01. The zero-order chi connectivity index (χ0) is 26.0. The summed E-state index contributed by atoms with van der Waals surface area (Å²) >= 11 is 1.69. The number of nitrogens with two attached hydrogens (primary N) is 1. The van der Waals surface area contributed by atoms with Crippen LogP contribution in [-0.2, 0) is 21.5 Å². The number of hydrogen-bond donors (Lipinski definition) is 2. The highest BCUT2D eigenvalue weighted by Crippen LogP contribution is 2.40. The van der Waals surface area contributed by atoms with Crippen molar-refractivity contribution in [2.75, 3.05) is 32.5 Å². The number of piperidine rings is 1. The van der Waals surface area contributed by atoms with E-state index >= 15 is 0 Å². The molecule has 0 radical (unpaired) electrons. The molecule has 3 N–H and O–H groups in total. The molecule has 1 aliphatic rings. The van der Waals surface area contributed by atoms with E-state index < -0.39 is 23.3 Å². The summed E-state index contributed by atoms with van der Waals surface area (Å²) in [7, 11) is 4.09. The van der Waals surface area contributed by atoms with Crippen LogP contribution in [0.4, 0.5) is 5.69 Å². The maximum atomic E-state index is 13.5. The van der Waals surface area contributed by atoms with Gasteiger partial charge in [-0.15, -0.1) is 11.3 Å². The van der Waals surface area contributed by atoms with Crippen molar-refractivity contribution in [2.24, 2.45) is 11.7 Å². The third-order valence-corrected chi connectivity index (χ3v) is 7.86. The van der Waals surface area contributed by atoms with Crippen LogP contribution in [-0.4, -0.2) is 64.7 Å². The predicted molar refractivity (Wildman–Crippen MR) is 141 cm³/mol. The van der Waals surface area contributed by atoms with Gasteiger partial charge in [0.05, 0.1) is 38.2 Å². The molecule has 9 nitrogen and oxygen atoms in total. The third kappa shape index (κ3) is 5.39. The van der Waals surface area contributed by atoms with Gasteiger partial charge in [0, 0.05) is 25.7 Å². The number of anilines is 1. The minimum Gasteiger partial charge on any atom is -0.366 e. The van der Waals surface area contributed by atoms with Gasteiger partial charge in [-0.25, -0.2) is 4.98 Å². The van der Waals surface area contributed by atoms with Gasteiger partial charge in [-0.3, -0.25) is 19.4 Å². The van der Waals surface area contributed by atoms with Gasteiger partial charge in [0.1, 0.15) is 0 Å². The molecule has 2 atom stereocenters. The number of hydrogen-bond acceptors (Lipinski definition) is 7. The quantitative estimate of drug-likeness (QED) is 0.494. The zero-order valence-electron chi connectivity index (χ0n) is 21.1. The number of nitrogens with zero attached hydrogens (tertiary/aromatic N) is 4. The highest BCUT2D eigenvalue weighted by molar-refractivity contribution is 7.18. The normalized spacial score (nSPS) is 20.0. The number of amides is 3. The first-order valence-electron chi connectivity index (χ1n) is 12.0. The van der Waals surface area contributed by atoms with Crippen molar-refractivity contribution in [3.8, 4) is 0 Å². The van der Waals surface area contributed by atoms with E-state index in [0.29, 0.717) is 6.54 Å². The van der Waals surface area contributed by atoms with Crippen LogP contribution >= 0.6 is 11.3 Å². The number of benzene rings is 1. The first-order chi connectivity index (χ1) is 17.1. The van der Waals surface area contributed by atoms with Crippen LogP contribution in [0.15, 0.2) is 36.7 Å². The number of pyridine rings is 1. The number of carbonyl (C=O) groups is 3. The molecular formula is C26H32N6O3S. The number of aromatic nitrogens is 2. The van der Waals surface area contributed by atoms with Crippen LogP contribution in [0.1, 0.15) is 47.6 Å². The van der Waals surface area contributed by atoms with E-state index in [1.807, 2.05) is 27.1 Å². The Hall–Kier alpha value is -3.37. The second kappa shape index (κ2) is 10.3. The number of thiazole rings is 1. The van der Waals surface area contributed by atoms with Gasteiger partial charge in [-0.05, 0) is 63.5 Å². The molecular weight excluding hydrogens is 476 g/mol. The summed E-state index contributed by atoms with van der Waals surface area (Å²) in [5, 5.41) is 3.66. The summed E-state index contributed by atoms with van der Waals surface area (Å²) in [5.74, 6) is -1.81. The Morgan fingerprint density at radius 1 is 1.25 bits per heavy atom. The fraction of sp³-hybridized carbons (Fsp3) is 0.423. The van der Waals surface area contributed by atoms with Crippen molar-refractivity contribution in [3.63, 3.8) is 0 Å². The van der Waals surface area contributed by atoms with Crippen LogP contribution in [0.25, 0.3) is 10.2 Å². The van der Waals surface area contributed by atoms with E-state index in [0.717, 1.165) is 46.6 Å². The zero-order valence-corrected chi connectivity index (χ0v) is 21.9. The Morgan fingerprint density at radius 3 is 2.75 bits per heavy atom. The summed E-state index contributed by atoms with van der Waals surface area (Å²) in [5.41, 5.74) is 6.92. The van der Waals surface area contributed by atoms with Gasteiger partial charge in [0.15, 0.2) is 0 Å². The number of fused-ring (bicyclic) bond motifs is 1. The monoisotopic (exact) mass is 508 g/mol. The van der Waals surface area contributed by atoms with Gasteiger partial charge in [-0.1, -0.05) is 13.0 Å². The summed E-state index contributed by atoms with van der Waals surface area (Å²) in [6.45, 7) is 5.49. The largest absolute Gasteiger partial charge is 0.366 e. The maximum absolute atomic E-state index is 13.5. The lowest BCUT2D eigenvalue weighted by Crippen LogP contribution is -2.55. The number of rotatable bonds is 6. The molecule has 0 saturated carbocycles. The van der Waals surface area contributed by atoms with Gasteiger partial charge in [0.2, 0.25) is 5.91 Å². The highest BCUT2D eigenvalue weighted by Gasteiger charge is 2.43. The smallest absolute Gasteiger partial charge is 0.313 e. The number of likely N-dealkylation sites (tertiary alicyclic amines) is 1. The minimum absolute atomic E-state index is 0.151. The number of primary amides is 1. The first-order valence-corrected chi connectivity index (χ1v) is 12.8. The molecule has 0 unspecified atom stereocenters. The average molecular weight is 509 g/mol. The van der Waals surface area contributed by atoms with Crippen molar-refractivity contribution in [1.82, 2.24) is 19.8 Å². The molecule has 36 heavy (non-hydrogen) atoms. The van der Waals surface area contributed by atoms with Crippen molar-refractivity contribution in [2.45, 2.75) is 38.6 Å². The molecule has 1 fully saturated rings. The first kappa shape index (κ1) is 25.7. The molecule has 0 aliphatic carbocycles. The van der Waals surface area contributed by atoms with E-state index in [1.165, 1.54) is 18.5 Å². The lowest BCUT2D eigenvalue weighted by Gasteiger charge is -2.47. The van der Waals surface area contributed by atoms with E-state index in [-0.39, 0.29) is 17.2 Å². The fourth-order valence-corrected chi connectivity index (χ4v) is 5.50. The van der Waals surface area contributed by atoms with Crippen LogP contribution in [0.2, 0.25) is 0 Å². The van der Waals surface area contributed by atoms with Crippen molar-refractivity contribution >= 4 is 45.0 Å². The van der Waals surface area contributed by atoms with Crippen molar-refractivity contribution in [3.05, 3.63) is 52.8 Å². The van der Waals surface area contributed by atoms with Gasteiger partial charge in [-0.2, -0.15) is 0 Å². The lowest BCUT2D eigenvalue weighted by atomic mass is 9.79. The second-order valence-electron chi connectivity index (χ2n) is 9.96. The van der Waals surface area contributed by atoms with E-state index in [2.05, 4.69) is 34.3 Å². The Kier molecular flexibility index (Phi) is 7.37. The Bertz CT molecular complexity index is 1310. The fourth-order valence-electron chi connectivity index (χ4n) is 4.56. The Morgan fingerprint density at radius 2 is 2.03 bits per heavy atom. The highest BCUT2D eigenvalue weighted by atomic mass is 32.1. The third-order valence-electron chi connectivity index (χ3n) is 6.76. The van der Waals surface area contributed by atoms with E-state index in [4.69, 9.17) is 10.7 Å². The van der Waals surface area contributed by atoms with Gasteiger partial charge in [0.25, 0.3) is 0 Å². The molecule has 1 aliphatic heterocycles. The Balaban J connectivity index is 1.60. The molecule has 3 aromatic rings. The van der Waals surface area contributed by atoms with E-state index in [9.17, 15) is 14.4 Å². The molecule has 2 aromatic heterocycles. The topological polar surface area (TPSA) is 122 Å².